The molecule has 0 fully saturated rings. The van der Waals surface area contributed by atoms with Crippen LogP contribution >= 0.6 is 0 Å². The van der Waals surface area contributed by atoms with E-state index in [1.54, 1.807) is 7.11 Å². The predicted octanol–water partition coefficient (Wildman–Crippen LogP) is 3.85. The first-order valence-electron chi connectivity index (χ1n) is 6.61. The van der Waals surface area contributed by atoms with Crippen LogP contribution < -0.4 is 4.74 Å². The number of carboxylic acids is 1. The fraction of sp³-hybridized carbons (Fsp3) is 0.118. The summed E-state index contributed by atoms with van der Waals surface area (Å²) in [6, 6.07) is 13.7. The van der Waals surface area contributed by atoms with Crippen LogP contribution in [0.1, 0.15) is 16.1 Å². The van der Waals surface area contributed by atoms with E-state index in [4.69, 9.17) is 4.74 Å². The molecule has 0 aliphatic rings. The number of hydrogen-bond donors (Lipinski definition) is 2. The molecule has 21 heavy (non-hydrogen) atoms. The number of carboxylic acid groups (broad SMARTS) is 1. The van der Waals surface area contributed by atoms with Crippen molar-refractivity contribution in [2.24, 2.45) is 0 Å². The Hall–Kier alpha value is -2.75. The van der Waals surface area contributed by atoms with E-state index in [0.717, 1.165) is 22.1 Å². The molecule has 0 amide bonds. The molecule has 0 aliphatic carbocycles. The first-order valence-corrected chi connectivity index (χ1v) is 6.61. The van der Waals surface area contributed by atoms with Gasteiger partial charge in [0.2, 0.25) is 0 Å². The molecule has 0 radical (unpaired) electrons. The van der Waals surface area contributed by atoms with Gasteiger partial charge < -0.3 is 14.8 Å². The molecule has 106 valence electrons. The Labute approximate surface area is 122 Å². The lowest BCUT2D eigenvalue weighted by atomic mass is 9.98. The average Bonchev–Trinajstić information content (AvgIpc) is 2.86. The van der Waals surface area contributed by atoms with Crippen LogP contribution in [-0.2, 0) is 0 Å². The topological polar surface area (TPSA) is 62.3 Å². The monoisotopic (exact) mass is 281 g/mol. The van der Waals surface area contributed by atoms with Gasteiger partial charge >= 0.3 is 5.97 Å². The lowest BCUT2D eigenvalue weighted by Crippen LogP contribution is -1.98. The van der Waals surface area contributed by atoms with Crippen molar-refractivity contribution in [1.82, 2.24) is 4.98 Å². The van der Waals surface area contributed by atoms with Crippen molar-refractivity contribution in [1.29, 1.82) is 0 Å². The predicted molar refractivity (Wildman–Crippen MR) is 82.0 cm³/mol. The maximum absolute atomic E-state index is 11.4. The largest absolute Gasteiger partial charge is 0.495 e. The van der Waals surface area contributed by atoms with E-state index in [-0.39, 0.29) is 5.69 Å². The number of nitrogens with one attached hydrogen (secondary N) is 1. The Morgan fingerprint density at radius 2 is 1.86 bits per heavy atom. The minimum atomic E-state index is -0.968. The van der Waals surface area contributed by atoms with Gasteiger partial charge in [-0.2, -0.15) is 0 Å². The Morgan fingerprint density at radius 1 is 1.14 bits per heavy atom. The third-order valence-electron chi connectivity index (χ3n) is 3.69. The van der Waals surface area contributed by atoms with Gasteiger partial charge in [-0.3, -0.25) is 0 Å². The highest BCUT2D eigenvalue weighted by Gasteiger charge is 2.19. The summed E-state index contributed by atoms with van der Waals surface area (Å²) in [6.07, 6.45) is 0. The van der Waals surface area contributed by atoms with Gasteiger partial charge in [-0.25, -0.2) is 4.79 Å². The van der Waals surface area contributed by atoms with Crippen molar-refractivity contribution < 1.29 is 14.6 Å². The molecule has 0 saturated heterocycles. The Kier molecular flexibility index (Phi) is 3.14. The van der Waals surface area contributed by atoms with E-state index in [1.165, 1.54) is 0 Å². The van der Waals surface area contributed by atoms with Crippen molar-refractivity contribution >= 4 is 16.9 Å². The van der Waals surface area contributed by atoms with Crippen molar-refractivity contribution in [3.63, 3.8) is 0 Å². The molecular formula is C17H15NO3. The maximum Gasteiger partial charge on any atom is 0.352 e. The second-order valence-electron chi connectivity index (χ2n) is 4.86. The van der Waals surface area contributed by atoms with Crippen LogP contribution in [0, 0.1) is 6.92 Å². The van der Waals surface area contributed by atoms with Gasteiger partial charge in [0.15, 0.2) is 0 Å². The van der Waals surface area contributed by atoms with E-state index >= 15 is 0 Å². The van der Waals surface area contributed by atoms with Gasteiger partial charge in [0, 0.05) is 5.39 Å². The molecule has 0 saturated carbocycles. The highest BCUT2D eigenvalue weighted by atomic mass is 16.5. The number of fused-ring (bicyclic) bond motifs is 1. The first-order chi connectivity index (χ1) is 10.1. The van der Waals surface area contributed by atoms with E-state index in [2.05, 4.69) is 4.98 Å². The minimum absolute atomic E-state index is 0.201. The number of rotatable bonds is 3. The van der Waals surface area contributed by atoms with Crippen LogP contribution in [0.4, 0.5) is 0 Å². The van der Waals surface area contributed by atoms with Gasteiger partial charge in [0.05, 0.1) is 12.6 Å². The quantitative estimate of drug-likeness (QED) is 0.766. The molecule has 3 aromatic rings. The molecule has 2 N–H and O–H groups in total. The van der Waals surface area contributed by atoms with Crippen molar-refractivity contribution in [3.05, 3.63) is 53.7 Å². The molecule has 1 heterocycles. The first kappa shape index (κ1) is 13.2. The second kappa shape index (κ2) is 4.98. The number of carbonyl (C=O) groups is 1. The Bertz CT molecular complexity index is 819. The number of H-pyrrole nitrogens is 1. The lowest BCUT2D eigenvalue weighted by molar-refractivity contribution is 0.0691. The molecule has 0 spiro atoms. The van der Waals surface area contributed by atoms with E-state index < -0.39 is 5.97 Å². The van der Waals surface area contributed by atoms with Gasteiger partial charge in [0.1, 0.15) is 11.4 Å². The summed E-state index contributed by atoms with van der Waals surface area (Å²) in [5.41, 5.74) is 3.67. The molecule has 0 bridgehead atoms. The van der Waals surface area contributed by atoms with E-state index in [0.29, 0.717) is 11.3 Å². The third-order valence-corrected chi connectivity index (χ3v) is 3.69. The zero-order chi connectivity index (χ0) is 15.0. The number of aromatic amines is 1. The molecule has 0 unspecified atom stereocenters. The normalized spacial score (nSPS) is 10.8. The number of ether oxygens (including phenoxy) is 1. The van der Waals surface area contributed by atoms with E-state index in [9.17, 15) is 9.90 Å². The van der Waals surface area contributed by atoms with Crippen LogP contribution in [0.3, 0.4) is 0 Å². The summed E-state index contributed by atoms with van der Waals surface area (Å²) in [5.74, 6) is -0.329. The highest BCUT2D eigenvalue weighted by molar-refractivity contribution is 6.06. The third kappa shape index (κ3) is 2.05. The molecular weight excluding hydrogens is 266 g/mol. The summed E-state index contributed by atoms with van der Waals surface area (Å²) < 4.78 is 5.34. The summed E-state index contributed by atoms with van der Waals surface area (Å²) in [6.45, 7) is 1.81. The molecule has 4 heteroatoms. The smallest absolute Gasteiger partial charge is 0.352 e. The Balaban J connectivity index is 2.40. The molecule has 2 aromatic carbocycles. The van der Waals surface area contributed by atoms with Crippen LogP contribution in [-0.4, -0.2) is 23.2 Å². The SMILES string of the molecule is COc1ccc(-c2ccccc2)c2c(C)c(C(=O)O)[nH]c12. The molecule has 1 aromatic heterocycles. The summed E-state index contributed by atoms with van der Waals surface area (Å²) in [7, 11) is 1.58. The minimum Gasteiger partial charge on any atom is -0.495 e. The fourth-order valence-corrected chi connectivity index (χ4v) is 2.68. The zero-order valence-corrected chi connectivity index (χ0v) is 11.8. The van der Waals surface area contributed by atoms with Crippen molar-refractivity contribution in [2.45, 2.75) is 6.92 Å². The molecule has 4 nitrogen and oxygen atoms in total. The molecule has 0 atom stereocenters. The van der Waals surface area contributed by atoms with Gasteiger partial charge in [-0.1, -0.05) is 30.3 Å². The zero-order valence-electron chi connectivity index (χ0n) is 11.8. The van der Waals surface area contributed by atoms with Crippen LogP contribution in [0.2, 0.25) is 0 Å². The average molecular weight is 281 g/mol. The van der Waals surface area contributed by atoms with Crippen molar-refractivity contribution in [2.75, 3.05) is 7.11 Å². The number of methoxy groups -OCH3 is 1. The number of hydrogen-bond acceptors (Lipinski definition) is 2. The summed E-state index contributed by atoms with van der Waals surface area (Å²) in [5, 5.41) is 10.2. The molecule has 0 aliphatic heterocycles. The standard InChI is InChI=1S/C17H15NO3/c1-10-14-12(11-6-4-3-5-7-11)8-9-13(21-2)16(14)18-15(10)17(19)20/h3-9,18H,1-2H3,(H,19,20). The number of aromatic nitrogens is 1. The number of aryl methyl sites for hydroxylation is 1. The second-order valence-corrected chi connectivity index (χ2v) is 4.86. The Morgan fingerprint density at radius 3 is 2.48 bits per heavy atom. The van der Waals surface area contributed by atoms with Crippen molar-refractivity contribution in [3.8, 4) is 16.9 Å². The fourth-order valence-electron chi connectivity index (χ4n) is 2.68. The van der Waals surface area contributed by atoms with Gasteiger partial charge in [-0.05, 0) is 35.7 Å². The highest BCUT2D eigenvalue weighted by Crippen LogP contribution is 2.37. The summed E-state index contributed by atoms with van der Waals surface area (Å²) >= 11 is 0. The van der Waals surface area contributed by atoms with Crippen LogP contribution in [0.5, 0.6) is 5.75 Å². The number of aromatic carboxylic acids is 1. The summed E-state index contributed by atoms with van der Waals surface area (Å²) in [4.78, 5) is 14.3. The number of benzene rings is 2. The maximum atomic E-state index is 11.4. The van der Waals surface area contributed by atoms with Gasteiger partial charge in [-0.15, -0.1) is 0 Å². The molecule has 3 rings (SSSR count). The van der Waals surface area contributed by atoms with E-state index in [1.807, 2.05) is 49.4 Å². The van der Waals surface area contributed by atoms with Crippen LogP contribution in [0.15, 0.2) is 42.5 Å². The lowest BCUT2D eigenvalue weighted by Gasteiger charge is -2.08. The van der Waals surface area contributed by atoms with Gasteiger partial charge in [0.25, 0.3) is 0 Å². The van der Waals surface area contributed by atoms with Crippen LogP contribution in [0.25, 0.3) is 22.0 Å².